The summed E-state index contributed by atoms with van der Waals surface area (Å²) in [5.41, 5.74) is 1.02. The summed E-state index contributed by atoms with van der Waals surface area (Å²) in [4.78, 5) is 12.3. The number of carbonyl (C=O) groups is 1. The van der Waals surface area contributed by atoms with Crippen molar-refractivity contribution in [2.45, 2.75) is 19.4 Å². The van der Waals surface area contributed by atoms with Crippen molar-refractivity contribution >= 4 is 5.91 Å². The number of benzene rings is 2. The van der Waals surface area contributed by atoms with Crippen molar-refractivity contribution in [1.82, 2.24) is 5.32 Å². The fraction of sp³-hybridized carbons (Fsp3) is 0.350. The third kappa shape index (κ3) is 5.31. The number of amides is 1. The van der Waals surface area contributed by atoms with E-state index in [2.05, 4.69) is 5.32 Å². The maximum atomic E-state index is 12.3. The Kier molecular flexibility index (Phi) is 7.14. The molecule has 140 valence electrons. The predicted octanol–water partition coefficient (Wildman–Crippen LogP) is 3.36. The molecule has 2 aromatic rings. The summed E-state index contributed by atoms with van der Waals surface area (Å²) in [5, 5.41) is 2.98. The maximum Gasteiger partial charge on any atom is 0.258 e. The van der Waals surface area contributed by atoms with E-state index >= 15 is 0 Å². The molecule has 26 heavy (non-hydrogen) atoms. The fourth-order valence-electron chi connectivity index (χ4n) is 2.51. The first-order valence-electron chi connectivity index (χ1n) is 8.38. The first-order valence-corrected chi connectivity index (χ1v) is 8.38. The van der Waals surface area contributed by atoms with Crippen LogP contribution in [0.1, 0.15) is 24.9 Å². The van der Waals surface area contributed by atoms with Crippen LogP contribution in [0.4, 0.5) is 0 Å². The van der Waals surface area contributed by atoms with E-state index in [1.807, 2.05) is 31.2 Å². The Hall–Kier alpha value is -2.89. The number of hydrogen-bond acceptors (Lipinski definition) is 5. The molecule has 0 heterocycles. The molecular formula is C20H25NO5. The zero-order valence-corrected chi connectivity index (χ0v) is 15.6. The summed E-state index contributed by atoms with van der Waals surface area (Å²) in [7, 11) is 4.75. The number of methoxy groups -OCH3 is 3. The second-order valence-electron chi connectivity index (χ2n) is 5.64. The van der Waals surface area contributed by atoms with Crippen molar-refractivity contribution in [2.75, 3.05) is 27.9 Å². The van der Waals surface area contributed by atoms with E-state index in [1.54, 1.807) is 39.5 Å². The SMILES string of the molecule is CC[C@@H](NC(=O)COc1cc(OC)cc(OC)c1)c1ccc(OC)cc1. The number of carbonyl (C=O) groups excluding carboxylic acids is 1. The topological polar surface area (TPSA) is 66.0 Å². The molecule has 6 heteroatoms. The summed E-state index contributed by atoms with van der Waals surface area (Å²) in [5.74, 6) is 2.29. The molecule has 6 nitrogen and oxygen atoms in total. The van der Waals surface area contributed by atoms with E-state index in [9.17, 15) is 4.79 Å². The van der Waals surface area contributed by atoms with E-state index in [4.69, 9.17) is 18.9 Å². The molecule has 0 bridgehead atoms. The van der Waals surface area contributed by atoms with Crippen LogP contribution in [0.2, 0.25) is 0 Å². The van der Waals surface area contributed by atoms with Gasteiger partial charge in [-0.15, -0.1) is 0 Å². The van der Waals surface area contributed by atoms with Gasteiger partial charge >= 0.3 is 0 Å². The van der Waals surface area contributed by atoms with E-state index in [0.29, 0.717) is 17.2 Å². The number of nitrogens with one attached hydrogen (secondary N) is 1. The van der Waals surface area contributed by atoms with Crippen molar-refractivity contribution in [3.63, 3.8) is 0 Å². The monoisotopic (exact) mass is 359 g/mol. The molecule has 2 aromatic carbocycles. The van der Waals surface area contributed by atoms with Crippen LogP contribution in [-0.4, -0.2) is 33.8 Å². The molecule has 0 radical (unpaired) electrons. The first kappa shape index (κ1) is 19.4. The standard InChI is InChI=1S/C20H25NO5/c1-5-19(14-6-8-15(23-2)9-7-14)21-20(22)13-26-18-11-16(24-3)10-17(12-18)25-4/h6-12,19H,5,13H2,1-4H3,(H,21,22)/t19-/m1/s1. The second-order valence-corrected chi connectivity index (χ2v) is 5.64. The van der Waals surface area contributed by atoms with Crippen molar-refractivity contribution < 1.29 is 23.7 Å². The van der Waals surface area contributed by atoms with Crippen LogP contribution < -0.4 is 24.3 Å². The molecule has 0 spiro atoms. The molecule has 0 aromatic heterocycles. The van der Waals surface area contributed by atoms with Gasteiger partial charge in [-0.25, -0.2) is 0 Å². The highest BCUT2D eigenvalue weighted by atomic mass is 16.5. The third-order valence-electron chi connectivity index (χ3n) is 3.96. The predicted molar refractivity (Wildman–Crippen MR) is 99.2 cm³/mol. The van der Waals surface area contributed by atoms with Gasteiger partial charge in [-0.2, -0.15) is 0 Å². The van der Waals surface area contributed by atoms with E-state index in [-0.39, 0.29) is 18.6 Å². The molecule has 0 saturated carbocycles. The average Bonchev–Trinajstić information content (AvgIpc) is 2.70. The van der Waals surface area contributed by atoms with Gasteiger partial charge in [-0.05, 0) is 24.1 Å². The zero-order valence-electron chi connectivity index (χ0n) is 15.6. The van der Waals surface area contributed by atoms with Crippen LogP contribution in [-0.2, 0) is 4.79 Å². The highest BCUT2D eigenvalue weighted by molar-refractivity contribution is 5.78. The van der Waals surface area contributed by atoms with Crippen LogP contribution in [0.25, 0.3) is 0 Å². The lowest BCUT2D eigenvalue weighted by atomic mass is 10.0. The molecule has 0 aliphatic heterocycles. The van der Waals surface area contributed by atoms with Crippen LogP contribution in [0, 0.1) is 0 Å². The van der Waals surface area contributed by atoms with Gasteiger partial charge in [-0.3, -0.25) is 4.79 Å². The summed E-state index contributed by atoms with van der Waals surface area (Å²) >= 11 is 0. The summed E-state index contributed by atoms with van der Waals surface area (Å²) in [6.07, 6.45) is 0.769. The molecule has 0 fully saturated rings. The minimum atomic E-state index is -0.200. The molecule has 1 atom stereocenters. The summed E-state index contributed by atoms with van der Waals surface area (Å²) < 4.78 is 21.1. The number of hydrogen-bond donors (Lipinski definition) is 1. The lowest BCUT2D eigenvalue weighted by Gasteiger charge is -2.18. The van der Waals surface area contributed by atoms with Crippen LogP contribution in [0.5, 0.6) is 23.0 Å². The van der Waals surface area contributed by atoms with Crippen LogP contribution >= 0.6 is 0 Å². The Bertz CT molecular complexity index is 692. The molecule has 2 rings (SSSR count). The van der Waals surface area contributed by atoms with Gasteiger partial charge < -0.3 is 24.3 Å². The molecule has 0 aliphatic rings. The Morgan fingerprint density at radius 1 is 0.885 bits per heavy atom. The van der Waals surface area contributed by atoms with Crippen molar-refractivity contribution in [3.05, 3.63) is 48.0 Å². The molecular weight excluding hydrogens is 334 g/mol. The molecule has 0 unspecified atom stereocenters. The third-order valence-corrected chi connectivity index (χ3v) is 3.96. The Morgan fingerprint density at radius 2 is 1.42 bits per heavy atom. The molecule has 1 N–H and O–H groups in total. The van der Waals surface area contributed by atoms with Gasteiger partial charge in [0, 0.05) is 18.2 Å². The van der Waals surface area contributed by atoms with E-state index in [1.165, 1.54) is 0 Å². The number of rotatable bonds is 9. The van der Waals surface area contributed by atoms with Gasteiger partial charge in [0.15, 0.2) is 6.61 Å². The van der Waals surface area contributed by atoms with Gasteiger partial charge in [-0.1, -0.05) is 19.1 Å². The van der Waals surface area contributed by atoms with Crippen molar-refractivity contribution in [3.8, 4) is 23.0 Å². The average molecular weight is 359 g/mol. The lowest BCUT2D eigenvalue weighted by molar-refractivity contribution is -0.123. The van der Waals surface area contributed by atoms with Gasteiger partial charge in [0.05, 0.1) is 27.4 Å². The minimum absolute atomic E-state index is 0.0862. The Labute approximate surface area is 154 Å². The zero-order chi connectivity index (χ0) is 18.9. The molecule has 1 amide bonds. The van der Waals surface area contributed by atoms with Crippen molar-refractivity contribution in [1.29, 1.82) is 0 Å². The van der Waals surface area contributed by atoms with Gasteiger partial charge in [0.1, 0.15) is 23.0 Å². The molecule has 0 aliphatic carbocycles. The van der Waals surface area contributed by atoms with Gasteiger partial charge in [0.25, 0.3) is 5.91 Å². The van der Waals surface area contributed by atoms with Gasteiger partial charge in [0.2, 0.25) is 0 Å². The second kappa shape index (κ2) is 9.56. The summed E-state index contributed by atoms with van der Waals surface area (Å²) in [6.45, 7) is 1.92. The van der Waals surface area contributed by atoms with Crippen LogP contribution in [0.15, 0.2) is 42.5 Å². The highest BCUT2D eigenvalue weighted by Gasteiger charge is 2.14. The highest BCUT2D eigenvalue weighted by Crippen LogP contribution is 2.27. The lowest BCUT2D eigenvalue weighted by Crippen LogP contribution is -2.32. The van der Waals surface area contributed by atoms with E-state index in [0.717, 1.165) is 17.7 Å². The smallest absolute Gasteiger partial charge is 0.258 e. The van der Waals surface area contributed by atoms with Crippen molar-refractivity contribution in [2.24, 2.45) is 0 Å². The quantitative estimate of drug-likeness (QED) is 0.744. The minimum Gasteiger partial charge on any atom is -0.497 e. The summed E-state index contributed by atoms with van der Waals surface area (Å²) in [6, 6.07) is 12.7. The van der Waals surface area contributed by atoms with E-state index < -0.39 is 0 Å². The van der Waals surface area contributed by atoms with Crippen LogP contribution in [0.3, 0.4) is 0 Å². The normalized spacial score (nSPS) is 11.4. The largest absolute Gasteiger partial charge is 0.497 e. The maximum absolute atomic E-state index is 12.3. The first-order chi connectivity index (χ1) is 12.6. The Balaban J connectivity index is 1.96. The molecule has 0 saturated heterocycles. The fourth-order valence-corrected chi connectivity index (χ4v) is 2.51. The number of ether oxygens (including phenoxy) is 4. The Morgan fingerprint density at radius 3 is 1.92 bits per heavy atom.